The second-order valence-electron chi connectivity index (χ2n) is 4.30. The molecule has 0 amide bonds. The van der Waals surface area contributed by atoms with Crippen molar-refractivity contribution in [1.82, 2.24) is 9.97 Å². The molecule has 0 fully saturated rings. The highest BCUT2D eigenvalue weighted by atomic mass is 16.3. The van der Waals surface area contributed by atoms with Crippen molar-refractivity contribution < 1.29 is 5.11 Å². The average Bonchev–Trinajstić information content (AvgIpc) is 2.35. The highest BCUT2D eigenvalue weighted by Gasteiger charge is 2.03. The molecule has 2 aromatic rings. The Balaban J connectivity index is 2.20. The van der Waals surface area contributed by atoms with Crippen molar-refractivity contribution in [2.75, 3.05) is 5.43 Å². The van der Waals surface area contributed by atoms with Crippen LogP contribution in [0.15, 0.2) is 35.4 Å². The Hall–Kier alpha value is -2.43. The molecular formula is C14H16N4O. The largest absolute Gasteiger partial charge is 0.507 e. The lowest BCUT2D eigenvalue weighted by Crippen LogP contribution is -2.04. The summed E-state index contributed by atoms with van der Waals surface area (Å²) in [5.41, 5.74) is 5.91. The molecule has 0 spiro atoms. The summed E-state index contributed by atoms with van der Waals surface area (Å²) in [7, 11) is 0. The van der Waals surface area contributed by atoms with Gasteiger partial charge in [0, 0.05) is 17.0 Å². The van der Waals surface area contributed by atoms with Crippen LogP contribution in [-0.4, -0.2) is 20.8 Å². The number of hydrogen-bond donors (Lipinski definition) is 2. The van der Waals surface area contributed by atoms with Crippen LogP contribution in [0.25, 0.3) is 0 Å². The average molecular weight is 256 g/mol. The smallest absolute Gasteiger partial charge is 0.243 e. The van der Waals surface area contributed by atoms with Crippen molar-refractivity contribution >= 4 is 11.7 Å². The van der Waals surface area contributed by atoms with E-state index in [2.05, 4.69) is 20.5 Å². The van der Waals surface area contributed by atoms with E-state index in [4.69, 9.17) is 0 Å². The zero-order valence-electron chi connectivity index (χ0n) is 11.2. The number of benzene rings is 1. The topological polar surface area (TPSA) is 70.4 Å². The molecule has 98 valence electrons. The molecule has 0 aliphatic rings. The molecule has 2 N–H and O–H groups in total. The summed E-state index contributed by atoms with van der Waals surface area (Å²) in [6, 6.07) is 8.94. The van der Waals surface area contributed by atoms with Crippen LogP contribution < -0.4 is 5.43 Å². The number of phenols is 1. The number of rotatable bonds is 3. The first-order chi connectivity index (χ1) is 9.06. The second kappa shape index (κ2) is 5.48. The summed E-state index contributed by atoms with van der Waals surface area (Å²) in [6.07, 6.45) is 0. The van der Waals surface area contributed by atoms with Crippen molar-refractivity contribution in [3.8, 4) is 5.75 Å². The van der Waals surface area contributed by atoms with Crippen molar-refractivity contribution in [1.29, 1.82) is 0 Å². The summed E-state index contributed by atoms with van der Waals surface area (Å²) in [5.74, 6) is 0.652. The van der Waals surface area contributed by atoms with E-state index in [-0.39, 0.29) is 5.75 Å². The number of nitrogens with one attached hydrogen (secondary N) is 1. The van der Waals surface area contributed by atoms with Gasteiger partial charge in [0.05, 0.1) is 5.71 Å². The SMILES string of the molecule is C/C(=N/Nc1nc(C)cc(C)n1)c1ccccc1O. The maximum atomic E-state index is 9.73. The fourth-order valence-corrected chi connectivity index (χ4v) is 1.75. The number of phenolic OH excluding ortho intramolecular Hbond substituents is 1. The van der Waals surface area contributed by atoms with Gasteiger partial charge in [-0.2, -0.15) is 5.10 Å². The summed E-state index contributed by atoms with van der Waals surface area (Å²) < 4.78 is 0. The lowest BCUT2D eigenvalue weighted by Gasteiger charge is -2.05. The minimum Gasteiger partial charge on any atom is -0.507 e. The molecule has 1 heterocycles. The number of hydrogen-bond acceptors (Lipinski definition) is 5. The van der Waals surface area contributed by atoms with E-state index in [0.29, 0.717) is 17.2 Å². The van der Waals surface area contributed by atoms with E-state index in [1.54, 1.807) is 18.2 Å². The van der Waals surface area contributed by atoms with Gasteiger partial charge in [-0.15, -0.1) is 0 Å². The van der Waals surface area contributed by atoms with Gasteiger partial charge in [-0.05, 0) is 39.0 Å². The molecule has 1 aromatic carbocycles. The van der Waals surface area contributed by atoms with E-state index >= 15 is 0 Å². The minimum atomic E-state index is 0.201. The summed E-state index contributed by atoms with van der Waals surface area (Å²) in [5, 5.41) is 13.9. The van der Waals surface area contributed by atoms with Crippen molar-refractivity contribution in [3.05, 3.63) is 47.3 Å². The number of aromatic hydroxyl groups is 1. The molecule has 0 unspecified atom stereocenters. The number of hydrazone groups is 1. The van der Waals surface area contributed by atoms with Gasteiger partial charge in [-0.1, -0.05) is 12.1 Å². The van der Waals surface area contributed by atoms with Gasteiger partial charge < -0.3 is 5.11 Å². The molecular weight excluding hydrogens is 240 g/mol. The molecule has 0 saturated heterocycles. The predicted molar refractivity (Wildman–Crippen MR) is 75.4 cm³/mol. The van der Waals surface area contributed by atoms with E-state index in [1.165, 1.54) is 0 Å². The molecule has 0 aliphatic heterocycles. The number of aryl methyl sites for hydroxylation is 2. The summed E-state index contributed by atoms with van der Waals surface area (Å²) in [4.78, 5) is 8.46. The zero-order chi connectivity index (χ0) is 13.8. The quantitative estimate of drug-likeness (QED) is 0.654. The highest BCUT2D eigenvalue weighted by molar-refractivity contribution is 6.01. The molecule has 0 saturated carbocycles. The van der Waals surface area contributed by atoms with Crippen LogP contribution in [0.5, 0.6) is 5.75 Å². The minimum absolute atomic E-state index is 0.201. The number of para-hydroxylation sites is 1. The molecule has 2 rings (SSSR count). The molecule has 0 aliphatic carbocycles. The summed E-state index contributed by atoms with van der Waals surface area (Å²) in [6.45, 7) is 5.61. The van der Waals surface area contributed by atoms with Crippen LogP contribution in [0.1, 0.15) is 23.9 Å². The Bertz CT molecular complexity index is 602. The lowest BCUT2D eigenvalue weighted by molar-refractivity contribution is 0.474. The van der Waals surface area contributed by atoms with Gasteiger partial charge in [-0.3, -0.25) is 0 Å². The summed E-state index contributed by atoms with van der Waals surface area (Å²) >= 11 is 0. The maximum absolute atomic E-state index is 9.73. The molecule has 19 heavy (non-hydrogen) atoms. The highest BCUT2D eigenvalue weighted by Crippen LogP contribution is 2.16. The van der Waals surface area contributed by atoms with Crippen LogP contribution in [0.4, 0.5) is 5.95 Å². The molecule has 0 radical (unpaired) electrons. The van der Waals surface area contributed by atoms with Crippen LogP contribution >= 0.6 is 0 Å². The number of aromatic nitrogens is 2. The third-order valence-corrected chi connectivity index (χ3v) is 2.60. The first-order valence-electron chi connectivity index (χ1n) is 5.97. The maximum Gasteiger partial charge on any atom is 0.243 e. The van der Waals surface area contributed by atoms with Crippen molar-refractivity contribution in [3.63, 3.8) is 0 Å². The Kier molecular flexibility index (Phi) is 3.75. The first kappa shape index (κ1) is 13.0. The third kappa shape index (κ3) is 3.28. The van der Waals surface area contributed by atoms with E-state index in [0.717, 1.165) is 11.4 Å². The van der Waals surface area contributed by atoms with Gasteiger partial charge in [0.25, 0.3) is 0 Å². The van der Waals surface area contributed by atoms with Crippen LogP contribution in [0.3, 0.4) is 0 Å². The molecule has 1 aromatic heterocycles. The van der Waals surface area contributed by atoms with Crippen LogP contribution in [-0.2, 0) is 0 Å². The van der Waals surface area contributed by atoms with Crippen molar-refractivity contribution in [2.45, 2.75) is 20.8 Å². The van der Waals surface area contributed by atoms with Crippen LogP contribution in [0.2, 0.25) is 0 Å². The first-order valence-corrected chi connectivity index (χ1v) is 5.97. The van der Waals surface area contributed by atoms with E-state index < -0.39 is 0 Å². The number of anilines is 1. The predicted octanol–water partition coefficient (Wildman–Crippen LogP) is 2.64. The van der Waals surface area contributed by atoms with Gasteiger partial charge in [0.15, 0.2) is 0 Å². The fourth-order valence-electron chi connectivity index (χ4n) is 1.75. The van der Waals surface area contributed by atoms with Crippen molar-refractivity contribution in [2.24, 2.45) is 5.10 Å². The molecule has 0 bridgehead atoms. The Morgan fingerprint density at radius 1 is 1.16 bits per heavy atom. The fraction of sp³-hybridized carbons (Fsp3) is 0.214. The molecule has 5 nitrogen and oxygen atoms in total. The van der Waals surface area contributed by atoms with E-state index in [9.17, 15) is 5.11 Å². The molecule has 5 heteroatoms. The van der Waals surface area contributed by atoms with E-state index in [1.807, 2.05) is 32.9 Å². The Labute approximate surface area is 112 Å². The Morgan fingerprint density at radius 3 is 2.42 bits per heavy atom. The standard InChI is InChI=1S/C14H16N4O/c1-9-8-10(2)16-14(15-9)18-17-11(3)12-6-4-5-7-13(12)19/h4-8,19H,1-3H3,(H,15,16,18)/b17-11-. The lowest BCUT2D eigenvalue weighted by atomic mass is 10.1. The zero-order valence-corrected chi connectivity index (χ0v) is 11.2. The second-order valence-corrected chi connectivity index (χ2v) is 4.30. The molecule has 0 atom stereocenters. The van der Waals surface area contributed by atoms with Gasteiger partial charge in [-0.25, -0.2) is 15.4 Å². The number of nitrogens with zero attached hydrogens (tertiary/aromatic N) is 3. The Morgan fingerprint density at radius 2 is 1.79 bits per heavy atom. The third-order valence-electron chi connectivity index (χ3n) is 2.60. The van der Waals surface area contributed by atoms with Gasteiger partial charge >= 0.3 is 0 Å². The monoisotopic (exact) mass is 256 g/mol. The van der Waals surface area contributed by atoms with Gasteiger partial charge in [0.1, 0.15) is 5.75 Å². The van der Waals surface area contributed by atoms with Crippen LogP contribution in [0, 0.1) is 13.8 Å². The normalized spacial score (nSPS) is 11.4. The van der Waals surface area contributed by atoms with Gasteiger partial charge in [0.2, 0.25) is 5.95 Å².